The number of para-hydroxylation sites is 1. The second-order valence-corrected chi connectivity index (χ2v) is 11.7. The summed E-state index contributed by atoms with van der Waals surface area (Å²) >= 11 is 3.37. The first kappa shape index (κ1) is 21.5. The summed E-state index contributed by atoms with van der Waals surface area (Å²) in [4.78, 5) is 21.2. The Morgan fingerprint density at radius 2 is 1.75 bits per heavy atom. The van der Waals surface area contributed by atoms with Crippen molar-refractivity contribution in [2.75, 3.05) is 0 Å². The molecule has 1 aliphatic carbocycles. The molecule has 4 aromatic rings. The number of thiophene rings is 1. The smallest absolute Gasteiger partial charge is 0.267 e. The van der Waals surface area contributed by atoms with Gasteiger partial charge in [0, 0.05) is 10.6 Å². The van der Waals surface area contributed by atoms with E-state index in [1.807, 2.05) is 41.0 Å². The van der Waals surface area contributed by atoms with Crippen LogP contribution in [0.2, 0.25) is 0 Å². The minimum Gasteiger partial charge on any atom is -0.268 e. The number of hydrogen-bond donors (Lipinski definition) is 0. The van der Waals surface area contributed by atoms with Crippen LogP contribution in [0.3, 0.4) is 0 Å². The molecule has 2 heterocycles. The van der Waals surface area contributed by atoms with Gasteiger partial charge in [0.25, 0.3) is 5.56 Å². The van der Waals surface area contributed by atoms with Gasteiger partial charge in [0.15, 0.2) is 5.16 Å². The van der Waals surface area contributed by atoms with Crippen molar-refractivity contribution in [3.63, 3.8) is 0 Å². The number of benzene rings is 2. The fourth-order valence-corrected chi connectivity index (χ4v) is 6.88. The lowest BCUT2D eigenvalue weighted by Crippen LogP contribution is -2.27. The normalized spacial score (nSPS) is 16.3. The number of thioether (sulfide) groups is 1. The van der Waals surface area contributed by atoms with Crippen LogP contribution >= 0.6 is 23.1 Å². The van der Waals surface area contributed by atoms with Crippen LogP contribution in [0.4, 0.5) is 0 Å². The predicted molar refractivity (Wildman–Crippen MR) is 136 cm³/mol. The molecular formula is C27H28N2OS2. The fourth-order valence-electron chi connectivity index (χ4n) is 4.57. The van der Waals surface area contributed by atoms with Gasteiger partial charge in [0.05, 0.1) is 11.1 Å². The van der Waals surface area contributed by atoms with E-state index < -0.39 is 0 Å². The summed E-state index contributed by atoms with van der Waals surface area (Å²) in [6.07, 6.45) is 3.16. The Kier molecular flexibility index (Phi) is 5.72. The molecule has 164 valence electrons. The maximum Gasteiger partial charge on any atom is 0.267 e. The Hall–Kier alpha value is -2.37. The molecule has 32 heavy (non-hydrogen) atoms. The van der Waals surface area contributed by atoms with Gasteiger partial charge >= 0.3 is 0 Å². The monoisotopic (exact) mass is 460 g/mol. The van der Waals surface area contributed by atoms with Crippen LogP contribution in [-0.4, -0.2) is 9.55 Å². The van der Waals surface area contributed by atoms with E-state index in [1.54, 1.807) is 23.1 Å². The summed E-state index contributed by atoms with van der Waals surface area (Å²) in [5, 5.41) is 1.61. The molecule has 0 unspecified atom stereocenters. The van der Waals surface area contributed by atoms with Gasteiger partial charge in [-0.15, -0.1) is 11.3 Å². The lowest BCUT2D eigenvalue weighted by Gasteiger charge is -2.33. The third-order valence-electron chi connectivity index (χ3n) is 6.50. The molecule has 2 aromatic carbocycles. The molecule has 0 saturated carbocycles. The zero-order chi connectivity index (χ0) is 22.3. The number of nitrogens with zero attached hydrogens (tertiary/aromatic N) is 2. The highest BCUT2D eigenvalue weighted by Gasteiger charge is 2.32. The van der Waals surface area contributed by atoms with Crippen molar-refractivity contribution in [2.24, 2.45) is 11.3 Å². The molecule has 0 fully saturated rings. The van der Waals surface area contributed by atoms with Crippen LogP contribution in [0.5, 0.6) is 0 Å². The molecule has 3 nitrogen and oxygen atoms in total. The van der Waals surface area contributed by atoms with E-state index in [0.717, 1.165) is 46.1 Å². The average molecular weight is 461 g/mol. The molecule has 0 saturated heterocycles. The Balaban J connectivity index is 1.63. The zero-order valence-electron chi connectivity index (χ0n) is 18.8. The quantitative estimate of drug-likeness (QED) is 0.246. The van der Waals surface area contributed by atoms with Gasteiger partial charge in [-0.2, -0.15) is 0 Å². The van der Waals surface area contributed by atoms with Crippen LogP contribution in [0.15, 0.2) is 70.6 Å². The highest BCUT2D eigenvalue weighted by Crippen LogP contribution is 2.42. The molecule has 5 heteroatoms. The van der Waals surface area contributed by atoms with Gasteiger partial charge in [-0.25, -0.2) is 4.98 Å². The molecule has 1 atom stereocenters. The molecule has 0 bridgehead atoms. The van der Waals surface area contributed by atoms with E-state index in [4.69, 9.17) is 4.98 Å². The SMILES string of the molecule is CC(C)(C)[C@H]1CCc2c(sc3nc(SCc4ccccc4)n(-c4ccccc4)c(=O)c23)C1. The molecule has 0 aliphatic heterocycles. The Bertz CT molecular complexity index is 1300. The van der Waals surface area contributed by atoms with Gasteiger partial charge in [-0.1, -0.05) is 81.1 Å². The van der Waals surface area contributed by atoms with E-state index in [0.29, 0.717) is 5.92 Å². The van der Waals surface area contributed by atoms with E-state index in [9.17, 15) is 4.79 Å². The van der Waals surface area contributed by atoms with Crippen molar-refractivity contribution in [1.82, 2.24) is 9.55 Å². The molecule has 5 rings (SSSR count). The largest absolute Gasteiger partial charge is 0.268 e. The maximum atomic E-state index is 13.9. The number of aryl methyl sites for hydroxylation is 1. The average Bonchev–Trinajstić information content (AvgIpc) is 3.16. The molecule has 0 amide bonds. The number of fused-ring (bicyclic) bond motifs is 3. The maximum absolute atomic E-state index is 13.9. The number of aromatic nitrogens is 2. The molecule has 0 radical (unpaired) electrons. The van der Waals surface area contributed by atoms with Gasteiger partial charge in [0.1, 0.15) is 4.83 Å². The molecule has 2 aromatic heterocycles. The van der Waals surface area contributed by atoms with Crippen molar-refractivity contribution in [2.45, 2.75) is 50.9 Å². The topological polar surface area (TPSA) is 34.9 Å². The number of hydrogen-bond acceptors (Lipinski definition) is 4. The van der Waals surface area contributed by atoms with Crippen molar-refractivity contribution in [3.8, 4) is 5.69 Å². The van der Waals surface area contributed by atoms with Crippen molar-refractivity contribution >= 4 is 33.3 Å². The predicted octanol–water partition coefficient (Wildman–Crippen LogP) is 6.89. The first-order valence-electron chi connectivity index (χ1n) is 11.2. The lowest BCUT2D eigenvalue weighted by molar-refractivity contribution is 0.218. The Labute approximate surface area is 197 Å². The van der Waals surface area contributed by atoms with E-state index >= 15 is 0 Å². The van der Waals surface area contributed by atoms with Gasteiger partial charge < -0.3 is 0 Å². The number of rotatable bonds is 4. The summed E-state index contributed by atoms with van der Waals surface area (Å²) in [6, 6.07) is 20.3. The molecular weight excluding hydrogens is 432 g/mol. The molecule has 0 spiro atoms. The van der Waals surface area contributed by atoms with Crippen LogP contribution < -0.4 is 5.56 Å². The second kappa shape index (κ2) is 8.53. The molecule has 1 aliphatic rings. The minimum absolute atomic E-state index is 0.0727. The highest BCUT2D eigenvalue weighted by atomic mass is 32.2. The van der Waals surface area contributed by atoms with Crippen LogP contribution in [-0.2, 0) is 18.6 Å². The van der Waals surface area contributed by atoms with Crippen molar-refractivity contribution < 1.29 is 0 Å². The van der Waals surface area contributed by atoms with E-state index in [-0.39, 0.29) is 11.0 Å². The lowest BCUT2D eigenvalue weighted by atomic mass is 9.72. The van der Waals surface area contributed by atoms with Crippen LogP contribution in [0, 0.1) is 11.3 Å². The van der Waals surface area contributed by atoms with Gasteiger partial charge in [0.2, 0.25) is 0 Å². The standard InChI is InChI=1S/C27H28N2OS2/c1-27(2,3)19-14-15-21-22(16-19)32-24-23(21)25(30)29(20-12-8-5-9-13-20)26(28-24)31-17-18-10-6-4-7-11-18/h4-13,19H,14-17H2,1-3H3/t19-/m0/s1. The van der Waals surface area contributed by atoms with Gasteiger partial charge in [-0.3, -0.25) is 9.36 Å². The van der Waals surface area contributed by atoms with Crippen LogP contribution in [0.1, 0.15) is 43.2 Å². The summed E-state index contributed by atoms with van der Waals surface area (Å²) in [5.74, 6) is 1.43. The first-order valence-corrected chi connectivity index (χ1v) is 13.0. The van der Waals surface area contributed by atoms with E-state index in [1.165, 1.54) is 16.0 Å². The summed E-state index contributed by atoms with van der Waals surface area (Å²) in [7, 11) is 0. The summed E-state index contributed by atoms with van der Waals surface area (Å²) < 4.78 is 1.82. The zero-order valence-corrected chi connectivity index (χ0v) is 20.4. The third kappa shape index (κ3) is 4.04. The highest BCUT2D eigenvalue weighted by molar-refractivity contribution is 7.98. The van der Waals surface area contributed by atoms with Gasteiger partial charge in [-0.05, 0) is 53.9 Å². The first-order chi connectivity index (χ1) is 15.4. The van der Waals surface area contributed by atoms with Crippen molar-refractivity contribution in [1.29, 1.82) is 0 Å². The minimum atomic E-state index is 0.0727. The van der Waals surface area contributed by atoms with Crippen molar-refractivity contribution in [3.05, 3.63) is 87.0 Å². The Morgan fingerprint density at radius 1 is 1.06 bits per heavy atom. The summed E-state index contributed by atoms with van der Waals surface area (Å²) in [6.45, 7) is 6.98. The molecule has 0 N–H and O–H groups in total. The Morgan fingerprint density at radius 3 is 2.44 bits per heavy atom. The van der Waals surface area contributed by atoms with Crippen LogP contribution in [0.25, 0.3) is 15.9 Å². The third-order valence-corrected chi connectivity index (χ3v) is 8.66. The fraction of sp³-hybridized carbons (Fsp3) is 0.333. The van der Waals surface area contributed by atoms with E-state index in [2.05, 4.69) is 45.0 Å². The summed E-state index contributed by atoms with van der Waals surface area (Å²) in [5.41, 5.74) is 3.70. The second-order valence-electron chi connectivity index (χ2n) is 9.63.